The second kappa shape index (κ2) is 4.32. The lowest BCUT2D eigenvalue weighted by Gasteiger charge is -2.00. The van der Waals surface area contributed by atoms with Gasteiger partial charge in [-0.15, -0.1) is 0 Å². The first-order valence-corrected chi connectivity index (χ1v) is 5.18. The molecule has 0 atom stereocenters. The van der Waals surface area contributed by atoms with Crippen LogP contribution in [0.5, 0.6) is 0 Å². The van der Waals surface area contributed by atoms with Gasteiger partial charge in [-0.2, -0.15) is 5.10 Å². The zero-order chi connectivity index (χ0) is 12.4. The largest absolute Gasteiger partial charge is 0.478 e. The summed E-state index contributed by atoms with van der Waals surface area (Å²) in [6, 6.07) is 0. The van der Waals surface area contributed by atoms with Crippen LogP contribution in [0.4, 0.5) is 0 Å². The van der Waals surface area contributed by atoms with Crippen molar-refractivity contribution in [1.82, 2.24) is 19.7 Å². The zero-order valence-corrected chi connectivity index (χ0v) is 9.53. The first kappa shape index (κ1) is 11.3. The quantitative estimate of drug-likeness (QED) is 0.866. The maximum absolute atomic E-state index is 10.6. The summed E-state index contributed by atoms with van der Waals surface area (Å²) in [5.74, 6) is -0.302. The molecule has 6 nitrogen and oxygen atoms in total. The Labute approximate surface area is 98.0 Å². The Kier molecular flexibility index (Phi) is 2.86. The van der Waals surface area contributed by atoms with Crippen molar-refractivity contribution in [2.45, 2.75) is 19.8 Å². The third-order valence-corrected chi connectivity index (χ3v) is 2.36. The summed E-state index contributed by atoms with van der Waals surface area (Å²) < 4.78 is 1.53. The second-order valence-electron chi connectivity index (χ2n) is 3.95. The van der Waals surface area contributed by atoms with Crippen LogP contribution in [0.15, 0.2) is 24.8 Å². The predicted octanol–water partition coefficient (Wildman–Crippen LogP) is 1.48. The van der Waals surface area contributed by atoms with Crippen LogP contribution in [0.3, 0.4) is 0 Å². The number of carboxylic acid groups (broad SMARTS) is 1. The van der Waals surface area contributed by atoms with E-state index in [1.807, 2.05) is 6.20 Å². The SMILES string of the molecule is CC(C)c1cnn(-c2ncc(C(=O)O)cn2)c1. The van der Waals surface area contributed by atoms with Gasteiger partial charge in [0.1, 0.15) is 0 Å². The number of hydrogen-bond acceptors (Lipinski definition) is 4. The fourth-order valence-electron chi connectivity index (χ4n) is 1.29. The van der Waals surface area contributed by atoms with Crippen molar-refractivity contribution in [3.63, 3.8) is 0 Å². The fraction of sp³-hybridized carbons (Fsp3) is 0.273. The molecule has 0 fully saturated rings. The van der Waals surface area contributed by atoms with E-state index in [1.165, 1.54) is 17.1 Å². The fourth-order valence-corrected chi connectivity index (χ4v) is 1.29. The molecule has 2 rings (SSSR count). The van der Waals surface area contributed by atoms with Crippen LogP contribution in [-0.4, -0.2) is 30.8 Å². The molecule has 0 bridgehead atoms. The van der Waals surface area contributed by atoms with Crippen LogP contribution in [0.25, 0.3) is 5.95 Å². The number of nitrogens with zero attached hydrogens (tertiary/aromatic N) is 4. The number of aromatic nitrogens is 4. The Hall–Kier alpha value is -2.24. The van der Waals surface area contributed by atoms with Crippen LogP contribution in [0, 0.1) is 0 Å². The Morgan fingerprint density at radius 3 is 2.41 bits per heavy atom. The summed E-state index contributed by atoms with van der Waals surface area (Å²) in [4.78, 5) is 18.5. The predicted molar refractivity (Wildman–Crippen MR) is 60.2 cm³/mol. The summed E-state index contributed by atoms with van der Waals surface area (Å²) in [5, 5.41) is 12.8. The molecule has 2 aromatic rings. The highest BCUT2D eigenvalue weighted by Gasteiger charge is 2.08. The molecule has 0 unspecified atom stereocenters. The Morgan fingerprint density at radius 1 is 1.29 bits per heavy atom. The number of aromatic carboxylic acids is 1. The van der Waals surface area contributed by atoms with E-state index in [4.69, 9.17) is 5.11 Å². The molecule has 0 saturated carbocycles. The van der Waals surface area contributed by atoms with E-state index in [9.17, 15) is 4.79 Å². The average Bonchev–Trinajstić information content (AvgIpc) is 2.78. The minimum atomic E-state index is -1.04. The maximum atomic E-state index is 10.6. The summed E-state index contributed by atoms with van der Waals surface area (Å²) in [6.45, 7) is 4.13. The first-order valence-electron chi connectivity index (χ1n) is 5.18. The topological polar surface area (TPSA) is 80.9 Å². The molecule has 0 amide bonds. The molecule has 1 N–H and O–H groups in total. The van der Waals surface area contributed by atoms with Crippen molar-refractivity contribution < 1.29 is 9.90 Å². The highest BCUT2D eigenvalue weighted by molar-refractivity contribution is 5.86. The standard InChI is InChI=1S/C11H12N4O2/c1-7(2)9-5-14-15(6-9)11-12-3-8(4-13-11)10(16)17/h3-7H,1-2H3,(H,16,17). The average molecular weight is 232 g/mol. The van der Waals surface area contributed by atoms with Gasteiger partial charge < -0.3 is 5.11 Å². The lowest BCUT2D eigenvalue weighted by Crippen LogP contribution is -2.04. The zero-order valence-electron chi connectivity index (χ0n) is 9.53. The van der Waals surface area contributed by atoms with Crippen molar-refractivity contribution in [2.75, 3.05) is 0 Å². The molecule has 0 spiro atoms. The van der Waals surface area contributed by atoms with Crippen molar-refractivity contribution in [1.29, 1.82) is 0 Å². The van der Waals surface area contributed by atoms with E-state index < -0.39 is 5.97 Å². The van der Waals surface area contributed by atoms with E-state index >= 15 is 0 Å². The number of carbonyl (C=O) groups is 1. The van der Waals surface area contributed by atoms with Gasteiger partial charge >= 0.3 is 5.97 Å². The van der Waals surface area contributed by atoms with E-state index in [1.54, 1.807) is 6.20 Å². The molecule has 0 aliphatic rings. The molecule has 2 heterocycles. The van der Waals surface area contributed by atoms with Gasteiger partial charge in [0.15, 0.2) is 0 Å². The molecule has 0 aliphatic carbocycles. The van der Waals surface area contributed by atoms with Crippen LogP contribution in [-0.2, 0) is 0 Å². The van der Waals surface area contributed by atoms with Crippen molar-refractivity contribution in [3.05, 3.63) is 35.9 Å². The molecule has 0 saturated heterocycles. The van der Waals surface area contributed by atoms with E-state index in [-0.39, 0.29) is 5.56 Å². The maximum Gasteiger partial charge on any atom is 0.338 e. The summed E-state index contributed by atoms with van der Waals surface area (Å²) in [5.41, 5.74) is 1.14. The minimum Gasteiger partial charge on any atom is -0.478 e. The lowest BCUT2D eigenvalue weighted by molar-refractivity contribution is 0.0696. The van der Waals surface area contributed by atoms with Crippen molar-refractivity contribution >= 4 is 5.97 Å². The monoisotopic (exact) mass is 232 g/mol. The van der Waals surface area contributed by atoms with Crippen LogP contribution in [0.1, 0.15) is 35.7 Å². The third-order valence-electron chi connectivity index (χ3n) is 2.36. The molecule has 17 heavy (non-hydrogen) atoms. The van der Waals surface area contributed by atoms with Gasteiger partial charge in [-0.3, -0.25) is 0 Å². The van der Waals surface area contributed by atoms with Crippen molar-refractivity contribution in [2.24, 2.45) is 0 Å². The van der Waals surface area contributed by atoms with Gasteiger partial charge in [0, 0.05) is 18.6 Å². The van der Waals surface area contributed by atoms with E-state index in [0.29, 0.717) is 11.9 Å². The smallest absolute Gasteiger partial charge is 0.338 e. The summed E-state index contributed by atoms with van der Waals surface area (Å²) in [6.07, 6.45) is 6.11. The number of carboxylic acids is 1. The molecular weight excluding hydrogens is 220 g/mol. The normalized spacial score (nSPS) is 10.8. The Bertz CT molecular complexity index is 531. The molecule has 2 aromatic heterocycles. The molecule has 0 radical (unpaired) electrons. The number of hydrogen-bond donors (Lipinski definition) is 1. The van der Waals surface area contributed by atoms with Gasteiger partial charge in [0.05, 0.1) is 11.8 Å². The van der Waals surface area contributed by atoms with E-state index in [2.05, 4.69) is 28.9 Å². The highest BCUT2D eigenvalue weighted by Crippen LogP contribution is 2.13. The Balaban J connectivity index is 2.30. The molecule has 6 heteroatoms. The van der Waals surface area contributed by atoms with Crippen LogP contribution < -0.4 is 0 Å². The van der Waals surface area contributed by atoms with Gasteiger partial charge in [-0.05, 0) is 11.5 Å². The second-order valence-corrected chi connectivity index (χ2v) is 3.95. The summed E-state index contributed by atoms with van der Waals surface area (Å²) in [7, 11) is 0. The van der Waals surface area contributed by atoms with Gasteiger partial charge in [-0.1, -0.05) is 13.8 Å². The van der Waals surface area contributed by atoms with Gasteiger partial charge in [0.2, 0.25) is 5.95 Å². The first-order chi connectivity index (χ1) is 8.08. The minimum absolute atomic E-state index is 0.0602. The molecule has 0 aliphatic heterocycles. The number of rotatable bonds is 3. The van der Waals surface area contributed by atoms with Crippen molar-refractivity contribution in [3.8, 4) is 5.95 Å². The van der Waals surface area contributed by atoms with E-state index in [0.717, 1.165) is 5.56 Å². The van der Waals surface area contributed by atoms with Crippen LogP contribution >= 0.6 is 0 Å². The molecular formula is C11H12N4O2. The lowest BCUT2D eigenvalue weighted by atomic mass is 10.1. The molecule has 0 aromatic carbocycles. The summed E-state index contributed by atoms with van der Waals surface area (Å²) >= 11 is 0. The Morgan fingerprint density at radius 2 is 1.94 bits per heavy atom. The van der Waals surface area contributed by atoms with Gasteiger partial charge in [0.25, 0.3) is 0 Å². The van der Waals surface area contributed by atoms with Gasteiger partial charge in [-0.25, -0.2) is 19.4 Å². The van der Waals surface area contributed by atoms with Crippen LogP contribution in [0.2, 0.25) is 0 Å². The third kappa shape index (κ3) is 2.30. The highest BCUT2D eigenvalue weighted by atomic mass is 16.4. The molecule has 88 valence electrons.